The fraction of sp³-hybridized carbons (Fsp3) is 0.357. The van der Waals surface area contributed by atoms with Crippen LogP contribution in [-0.2, 0) is 6.42 Å². The normalized spacial score (nSPS) is 10.5. The van der Waals surface area contributed by atoms with Gasteiger partial charge in [-0.15, -0.1) is 22.0 Å². The molecule has 20 heavy (non-hydrogen) atoms. The number of carbonyl (C=O) groups is 1. The van der Waals surface area contributed by atoms with E-state index in [-0.39, 0.29) is 5.91 Å². The maximum Gasteiger partial charge on any atom is 0.258 e. The average molecular weight is 307 g/mol. The van der Waals surface area contributed by atoms with Crippen molar-refractivity contribution in [2.75, 3.05) is 11.1 Å². The molecule has 0 aliphatic heterocycles. The molecule has 1 aromatic heterocycles. The number of amides is 1. The van der Waals surface area contributed by atoms with Crippen molar-refractivity contribution >= 4 is 34.1 Å². The molecule has 0 saturated carbocycles. The van der Waals surface area contributed by atoms with E-state index in [2.05, 4.69) is 22.4 Å². The van der Waals surface area contributed by atoms with Crippen LogP contribution in [0, 0.1) is 0 Å². The van der Waals surface area contributed by atoms with Gasteiger partial charge in [0.25, 0.3) is 5.91 Å². The van der Waals surface area contributed by atoms with Gasteiger partial charge in [0.2, 0.25) is 5.13 Å². The number of rotatable bonds is 6. The lowest BCUT2D eigenvalue weighted by molar-refractivity contribution is 0.102. The van der Waals surface area contributed by atoms with Crippen molar-refractivity contribution in [2.45, 2.75) is 31.6 Å². The zero-order valence-corrected chi connectivity index (χ0v) is 13.2. The number of aryl methyl sites for hydroxylation is 1. The zero-order valence-electron chi connectivity index (χ0n) is 11.5. The summed E-state index contributed by atoms with van der Waals surface area (Å²) in [5, 5.41) is 12.3. The number of hydrogen-bond donors (Lipinski definition) is 1. The molecule has 1 heterocycles. The Labute approximate surface area is 127 Å². The minimum Gasteiger partial charge on any atom is -0.296 e. The van der Waals surface area contributed by atoms with E-state index in [1.165, 1.54) is 11.3 Å². The first-order valence-corrected chi connectivity index (χ1v) is 8.40. The molecule has 6 heteroatoms. The van der Waals surface area contributed by atoms with E-state index in [0.29, 0.717) is 10.7 Å². The van der Waals surface area contributed by atoms with Gasteiger partial charge in [0.15, 0.2) is 0 Å². The van der Waals surface area contributed by atoms with Gasteiger partial charge in [0, 0.05) is 4.90 Å². The lowest BCUT2D eigenvalue weighted by atomic mass is 10.2. The number of benzene rings is 1. The molecule has 4 nitrogen and oxygen atoms in total. The monoisotopic (exact) mass is 307 g/mol. The summed E-state index contributed by atoms with van der Waals surface area (Å²) in [6, 6.07) is 7.65. The predicted molar refractivity (Wildman–Crippen MR) is 84.7 cm³/mol. The zero-order chi connectivity index (χ0) is 14.4. The van der Waals surface area contributed by atoms with Crippen molar-refractivity contribution in [3.8, 4) is 0 Å². The number of hydrogen-bond acceptors (Lipinski definition) is 5. The first-order valence-electron chi connectivity index (χ1n) is 6.60. The molecule has 0 bridgehead atoms. The third-order valence-corrected chi connectivity index (χ3v) is 4.85. The van der Waals surface area contributed by atoms with E-state index in [0.717, 1.165) is 28.5 Å². The summed E-state index contributed by atoms with van der Waals surface area (Å²) < 4.78 is 0. The summed E-state index contributed by atoms with van der Waals surface area (Å²) in [6.45, 7) is 4.14. The van der Waals surface area contributed by atoms with Crippen molar-refractivity contribution in [3.05, 3.63) is 34.8 Å². The number of aromatic nitrogens is 2. The minimum absolute atomic E-state index is 0.122. The summed E-state index contributed by atoms with van der Waals surface area (Å²) in [7, 11) is 0. The quantitative estimate of drug-likeness (QED) is 0.823. The van der Waals surface area contributed by atoms with E-state index < -0.39 is 0 Å². The molecular formula is C14H17N3OS2. The Morgan fingerprint density at radius 3 is 2.80 bits per heavy atom. The van der Waals surface area contributed by atoms with Crippen molar-refractivity contribution in [1.82, 2.24) is 10.2 Å². The van der Waals surface area contributed by atoms with Crippen molar-refractivity contribution < 1.29 is 4.79 Å². The number of nitrogens with one attached hydrogen (secondary N) is 1. The second-order valence-corrected chi connectivity index (χ2v) is 6.35. The maximum absolute atomic E-state index is 12.3. The van der Waals surface area contributed by atoms with Crippen LogP contribution in [0.5, 0.6) is 0 Å². The molecular weight excluding hydrogens is 290 g/mol. The highest BCUT2D eigenvalue weighted by Gasteiger charge is 2.13. The third-order valence-electron chi connectivity index (χ3n) is 2.58. The van der Waals surface area contributed by atoms with Crippen molar-refractivity contribution in [1.29, 1.82) is 0 Å². The summed E-state index contributed by atoms with van der Waals surface area (Å²) in [6.07, 6.45) is 1.91. The number of nitrogens with zero attached hydrogens (tertiary/aromatic N) is 2. The van der Waals surface area contributed by atoms with Gasteiger partial charge in [-0.3, -0.25) is 10.1 Å². The van der Waals surface area contributed by atoms with Crippen molar-refractivity contribution in [2.24, 2.45) is 0 Å². The Hall–Kier alpha value is -1.40. The van der Waals surface area contributed by atoms with Gasteiger partial charge in [-0.05, 0) is 30.7 Å². The molecule has 0 aliphatic rings. The molecule has 2 rings (SSSR count). The van der Waals surface area contributed by atoms with Crippen LogP contribution in [0.2, 0.25) is 0 Å². The van der Waals surface area contributed by atoms with Gasteiger partial charge in [0.1, 0.15) is 5.01 Å². The molecule has 1 N–H and O–H groups in total. The predicted octanol–water partition coefficient (Wildman–Crippen LogP) is 3.85. The van der Waals surface area contributed by atoms with E-state index in [1.54, 1.807) is 11.8 Å². The summed E-state index contributed by atoms with van der Waals surface area (Å²) in [5.74, 6) is 0.881. The highest BCUT2D eigenvalue weighted by Crippen LogP contribution is 2.24. The average Bonchev–Trinajstić information content (AvgIpc) is 2.93. The Kier molecular flexibility index (Phi) is 5.55. The number of thioether (sulfide) groups is 1. The highest BCUT2D eigenvalue weighted by atomic mass is 32.2. The largest absolute Gasteiger partial charge is 0.296 e. The molecule has 0 spiro atoms. The van der Waals surface area contributed by atoms with Crippen LogP contribution in [0.15, 0.2) is 29.2 Å². The molecule has 0 fully saturated rings. The van der Waals surface area contributed by atoms with Crippen LogP contribution < -0.4 is 5.32 Å². The topological polar surface area (TPSA) is 54.9 Å². The first kappa shape index (κ1) is 15.0. The Morgan fingerprint density at radius 1 is 1.30 bits per heavy atom. The minimum atomic E-state index is -0.122. The van der Waals surface area contributed by atoms with Gasteiger partial charge >= 0.3 is 0 Å². The SMILES string of the molecule is CCCSc1ccccc1C(=O)Nc1nnc(CC)s1. The van der Waals surface area contributed by atoms with Crippen LogP contribution in [0.1, 0.15) is 35.6 Å². The smallest absolute Gasteiger partial charge is 0.258 e. The summed E-state index contributed by atoms with van der Waals surface area (Å²) >= 11 is 3.12. The van der Waals surface area contributed by atoms with Crippen LogP contribution in [0.25, 0.3) is 0 Å². The lowest BCUT2D eigenvalue weighted by Gasteiger charge is -2.07. The van der Waals surface area contributed by atoms with Crippen LogP contribution in [-0.4, -0.2) is 21.9 Å². The number of anilines is 1. The molecule has 0 aliphatic carbocycles. The third kappa shape index (κ3) is 3.80. The molecule has 1 aromatic carbocycles. The Bertz CT molecular complexity index is 583. The molecule has 0 radical (unpaired) electrons. The van der Waals surface area contributed by atoms with Crippen molar-refractivity contribution in [3.63, 3.8) is 0 Å². The molecule has 106 valence electrons. The molecule has 0 saturated heterocycles. The Morgan fingerprint density at radius 2 is 2.10 bits per heavy atom. The van der Waals surface area contributed by atoms with Gasteiger partial charge in [-0.1, -0.05) is 37.3 Å². The first-order chi connectivity index (χ1) is 9.74. The summed E-state index contributed by atoms with van der Waals surface area (Å²) in [4.78, 5) is 13.3. The second kappa shape index (κ2) is 7.40. The van der Waals surface area contributed by atoms with Gasteiger partial charge in [-0.2, -0.15) is 0 Å². The van der Waals surface area contributed by atoms with Crippen LogP contribution in [0.3, 0.4) is 0 Å². The molecule has 0 unspecified atom stereocenters. The standard InChI is InChI=1S/C14H17N3OS2/c1-3-9-19-11-8-6-5-7-10(11)13(18)15-14-17-16-12(4-2)20-14/h5-8H,3-4,9H2,1-2H3,(H,15,17,18). The lowest BCUT2D eigenvalue weighted by Crippen LogP contribution is -2.12. The molecule has 0 atom stereocenters. The summed E-state index contributed by atoms with van der Waals surface area (Å²) in [5.41, 5.74) is 0.694. The Balaban J connectivity index is 2.12. The van der Waals surface area contributed by atoms with E-state index in [1.807, 2.05) is 31.2 Å². The van der Waals surface area contributed by atoms with Crippen LogP contribution in [0.4, 0.5) is 5.13 Å². The fourth-order valence-electron chi connectivity index (χ4n) is 1.60. The number of carbonyl (C=O) groups excluding carboxylic acids is 1. The van der Waals surface area contributed by atoms with Gasteiger partial charge in [-0.25, -0.2) is 0 Å². The highest BCUT2D eigenvalue weighted by molar-refractivity contribution is 7.99. The van der Waals surface area contributed by atoms with Gasteiger partial charge in [0.05, 0.1) is 5.56 Å². The van der Waals surface area contributed by atoms with Gasteiger partial charge < -0.3 is 0 Å². The molecule has 2 aromatic rings. The van der Waals surface area contributed by atoms with E-state index >= 15 is 0 Å². The van der Waals surface area contributed by atoms with E-state index in [9.17, 15) is 4.79 Å². The maximum atomic E-state index is 12.3. The second-order valence-electron chi connectivity index (χ2n) is 4.15. The van der Waals surface area contributed by atoms with E-state index in [4.69, 9.17) is 0 Å². The van der Waals surface area contributed by atoms with Crippen LogP contribution >= 0.6 is 23.1 Å². The fourth-order valence-corrected chi connectivity index (χ4v) is 3.19. The molecule has 1 amide bonds.